The average Bonchev–Trinajstić information content (AvgIpc) is 2.25. The Bertz CT molecular complexity index is 414. The Balaban J connectivity index is 2.79. The molecule has 6 nitrogen and oxygen atoms in total. The normalized spacial score (nSPS) is 11.7. The number of halogens is 4. The van der Waals surface area contributed by atoms with Crippen molar-refractivity contribution >= 4 is 11.9 Å². The standard InChI is InChI=1S/C8H11F4N5O/c1-17(2)6-14-5(13)15-7(16-6)18-3-8(11,12)4(9)10/h4H,3H2,1-2H3,(H2,13,14,15,16). The van der Waals surface area contributed by atoms with Gasteiger partial charge in [0.1, 0.15) is 0 Å². The lowest BCUT2D eigenvalue weighted by atomic mass is 10.4. The van der Waals surface area contributed by atoms with Gasteiger partial charge in [0.05, 0.1) is 0 Å². The number of ether oxygens (including phenoxy) is 1. The molecule has 0 spiro atoms. The van der Waals surface area contributed by atoms with Crippen LogP contribution in [0.3, 0.4) is 0 Å². The maximum atomic E-state index is 12.6. The van der Waals surface area contributed by atoms with Crippen molar-refractivity contribution in [2.24, 2.45) is 0 Å². The minimum absolute atomic E-state index is 0.0675. The molecule has 0 aromatic carbocycles. The van der Waals surface area contributed by atoms with Crippen LogP contribution in [0.2, 0.25) is 0 Å². The summed E-state index contributed by atoms with van der Waals surface area (Å²) in [5, 5.41) is 0. The fourth-order valence-corrected chi connectivity index (χ4v) is 0.849. The Morgan fingerprint density at radius 1 is 1.28 bits per heavy atom. The number of aromatic nitrogens is 3. The number of hydrogen-bond donors (Lipinski definition) is 1. The van der Waals surface area contributed by atoms with Gasteiger partial charge in [0.15, 0.2) is 6.61 Å². The summed E-state index contributed by atoms with van der Waals surface area (Å²) in [6, 6.07) is -0.536. The van der Waals surface area contributed by atoms with Gasteiger partial charge in [-0.2, -0.15) is 23.7 Å². The summed E-state index contributed by atoms with van der Waals surface area (Å²) in [6.45, 7) is -1.54. The average molecular weight is 269 g/mol. The molecule has 18 heavy (non-hydrogen) atoms. The molecule has 0 amide bonds. The number of rotatable bonds is 5. The van der Waals surface area contributed by atoms with Gasteiger partial charge >= 0.3 is 18.4 Å². The van der Waals surface area contributed by atoms with Crippen LogP contribution in [-0.2, 0) is 0 Å². The highest BCUT2D eigenvalue weighted by molar-refractivity contribution is 5.33. The Labute approximate surface area is 99.8 Å². The summed E-state index contributed by atoms with van der Waals surface area (Å²) >= 11 is 0. The first-order chi connectivity index (χ1) is 8.22. The van der Waals surface area contributed by atoms with Gasteiger partial charge in [0.2, 0.25) is 11.9 Å². The summed E-state index contributed by atoms with van der Waals surface area (Å²) in [6.07, 6.45) is -3.83. The molecular weight excluding hydrogens is 258 g/mol. The van der Waals surface area contributed by atoms with E-state index >= 15 is 0 Å². The highest BCUT2D eigenvalue weighted by Crippen LogP contribution is 2.23. The molecule has 0 aliphatic rings. The van der Waals surface area contributed by atoms with Crippen molar-refractivity contribution in [1.82, 2.24) is 15.0 Å². The molecular formula is C8H11F4N5O. The smallest absolute Gasteiger partial charge is 0.340 e. The molecule has 0 unspecified atom stereocenters. The van der Waals surface area contributed by atoms with Crippen molar-refractivity contribution in [2.45, 2.75) is 12.3 Å². The van der Waals surface area contributed by atoms with Crippen LogP contribution >= 0.6 is 0 Å². The predicted molar refractivity (Wildman–Crippen MR) is 55.0 cm³/mol. The van der Waals surface area contributed by atoms with Crippen LogP contribution in [0.5, 0.6) is 6.01 Å². The molecule has 1 aromatic heterocycles. The van der Waals surface area contributed by atoms with Gasteiger partial charge in [-0.25, -0.2) is 8.78 Å². The molecule has 1 heterocycles. The molecule has 0 fully saturated rings. The molecule has 1 aromatic rings. The van der Waals surface area contributed by atoms with Gasteiger partial charge in [-0.1, -0.05) is 0 Å². The molecule has 0 aliphatic heterocycles. The summed E-state index contributed by atoms with van der Waals surface area (Å²) in [4.78, 5) is 12.1. The monoisotopic (exact) mass is 269 g/mol. The third-order valence-electron chi connectivity index (χ3n) is 1.73. The van der Waals surface area contributed by atoms with Gasteiger partial charge in [0.25, 0.3) is 0 Å². The van der Waals surface area contributed by atoms with E-state index in [4.69, 9.17) is 5.73 Å². The van der Waals surface area contributed by atoms with Crippen molar-refractivity contribution in [2.75, 3.05) is 31.3 Å². The molecule has 0 saturated heterocycles. The molecule has 10 heteroatoms. The van der Waals surface area contributed by atoms with Crippen molar-refractivity contribution in [3.05, 3.63) is 0 Å². The van der Waals surface area contributed by atoms with Crippen LogP contribution in [0.1, 0.15) is 0 Å². The molecule has 102 valence electrons. The lowest BCUT2D eigenvalue weighted by molar-refractivity contribution is -0.149. The predicted octanol–water partition coefficient (Wildman–Crippen LogP) is 0.799. The molecule has 0 atom stereocenters. The summed E-state index contributed by atoms with van der Waals surface area (Å²) in [7, 11) is 3.15. The third kappa shape index (κ3) is 3.57. The Morgan fingerprint density at radius 3 is 2.39 bits per heavy atom. The van der Waals surface area contributed by atoms with Crippen molar-refractivity contribution in [3.8, 4) is 6.01 Å². The largest absolute Gasteiger partial charge is 0.457 e. The van der Waals surface area contributed by atoms with Crippen molar-refractivity contribution in [3.63, 3.8) is 0 Å². The quantitative estimate of drug-likeness (QED) is 0.797. The maximum Gasteiger partial charge on any atom is 0.340 e. The van der Waals surface area contributed by atoms with E-state index in [0.29, 0.717) is 0 Å². The Hall–Kier alpha value is -1.87. The highest BCUT2D eigenvalue weighted by Gasteiger charge is 2.42. The second-order valence-electron chi connectivity index (χ2n) is 3.52. The maximum absolute atomic E-state index is 12.6. The van der Waals surface area contributed by atoms with Gasteiger partial charge in [-0.05, 0) is 0 Å². The van der Waals surface area contributed by atoms with Crippen LogP contribution in [0.15, 0.2) is 0 Å². The van der Waals surface area contributed by atoms with Gasteiger partial charge in [0, 0.05) is 14.1 Å². The van der Waals surface area contributed by atoms with Gasteiger partial charge < -0.3 is 15.4 Å². The van der Waals surface area contributed by atoms with Crippen LogP contribution in [-0.4, -0.2) is 48.0 Å². The summed E-state index contributed by atoms with van der Waals surface area (Å²) < 4.78 is 53.4. The number of nitrogen functional groups attached to an aromatic ring is 1. The number of anilines is 2. The van der Waals surface area contributed by atoms with E-state index in [2.05, 4.69) is 19.7 Å². The van der Waals surface area contributed by atoms with E-state index in [1.165, 1.54) is 4.90 Å². The number of hydrogen-bond acceptors (Lipinski definition) is 6. The lowest BCUT2D eigenvalue weighted by Crippen LogP contribution is -2.34. The number of alkyl halides is 4. The lowest BCUT2D eigenvalue weighted by Gasteiger charge is -2.16. The molecule has 1 rings (SSSR count). The molecule has 0 saturated carbocycles. The van der Waals surface area contributed by atoms with Gasteiger partial charge in [-0.3, -0.25) is 0 Å². The Kier molecular flexibility index (Phi) is 4.09. The Morgan fingerprint density at radius 2 is 1.89 bits per heavy atom. The van der Waals surface area contributed by atoms with Gasteiger partial charge in [-0.15, -0.1) is 0 Å². The minimum Gasteiger partial charge on any atom is -0.457 e. The minimum atomic E-state index is -4.28. The van der Waals surface area contributed by atoms with Crippen LogP contribution in [0, 0.1) is 0 Å². The van der Waals surface area contributed by atoms with Crippen molar-refractivity contribution < 1.29 is 22.3 Å². The fraction of sp³-hybridized carbons (Fsp3) is 0.625. The second kappa shape index (κ2) is 5.19. The third-order valence-corrected chi connectivity index (χ3v) is 1.73. The SMILES string of the molecule is CN(C)c1nc(N)nc(OCC(F)(F)C(F)F)n1. The topological polar surface area (TPSA) is 77.2 Å². The molecule has 0 bridgehead atoms. The van der Waals surface area contributed by atoms with E-state index < -0.39 is 25.0 Å². The zero-order valence-corrected chi connectivity index (χ0v) is 9.57. The van der Waals surface area contributed by atoms with E-state index in [0.717, 1.165) is 0 Å². The van der Waals surface area contributed by atoms with E-state index in [1.807, 2.05) is 0 Å². The van der Waals surface area contributed by atoms with Crippen LogP contribution < -0.4 is 15.4 Å². The molecule has 2 N–H and O–H groups in total. The summed E-state index contributed by atoms with van der Waals surface area (Å²) in [5.41, 5.74) is 5.29. The zero-order valence-electron chi connectivity index (χ0n) is 9.57. The van der Waals surface area contributed by atoms with E-state index in [9.17, 15) is 17.6 Å². The first-order valence-electron chi connectivity index (χ1n) is 4.70. The van der Waals surface area contributed by atoms with E-state index in [-0.39, 0.29) is 11.9 Å². The van der Waals surface area contributed by atoms with Crippen LogP contribution in [0.25, 0.3) is 0 Å². The first-order valence-corrected chi connectivity index (χ1v) is 4.70. The fourth-order valence-electron chi connectivity index (χ4n) is 0.849. The second-order valence-corrected chi connectivity index (χ2v) is 3.52. The molecule has 0 aliphatic carbocycles. The first kappa shape index (κ1) is 14.2. The van der Waals surface area contributed by atoms with Crippen LogP contribution in [0.4, 0.5) is 29.5 Å². The number of nitrogens with two attached hydrogens (primary N) is 1. The van der Waals surface area contributed by atoms with E-state index in [1.54, 1.807) is 14.1 Å². The summed E-state index contributed by atoms with van der Waals surface area (Å²) in [5.74, 6) is -4.47. The highest BCUT2D eigenvalue weighted by atomic mass is 19.3. The number of nitrogens with zero attached hydrogens (tertiary/aromatic N) is 4. The zero-order chi connectivity index (χ0) is 13.9. The van der Waals surface area contributed by atoms with Crippen molar-refractivity contribution in [1.29, 1.82) is 0 Å². The molecule has 0 radical (unpaired) electrons.